The third kappa shape index (κ3) is 10.1. The lowest BCUT2D eigenvalue weighted by atomic mass is 9.88. The molecule has 0 bridgehead atoms. The second-order valence-electron chi connectivity index (χ2n) is 9.17. The summed E-state index contributed by atoms with van der Waals surface area (Å²) in [4.78, 5) is 37.7. The molecule has 1 aliphatic carbocycles. The highest BCUT2D eigenvalue weighted by Gasteiger charge is 2.26. The average Bonchev–Trinajstić information content (AvgIpc) is 2.86. The lowest BCUT2D eigenvalue weighted by molar-refractivity contribution is -0.142. The summed E-state index contributed by atoms with van der Waals surface area (Å²) in [5.74, 6) is -0.234. The van der Waals surface area contributed by atoms with Gasteiger partial charge >= 0.3 is 5.97 Å². The summed E-state index contributed by atoms with van der Waals surface area (Å²) in [6.07, 6.45) is 12.9. The van der Waals surface area contributed by atoms with Crippen LogP contribution in [0.2, 0.25) is 0 Å². The number of allylic oxidation sites excluding steroid dienone is 4. The summed E-state index contributed by atoms with van der Waals surface area (Å²) in [6, 6.07) is 7.81. The molecular formula is C29H39NO6. The Morgan fingerprint density at radius 3 is 2.53 bits per heavy atom. The molecule has 1 atom stereocenters. The number of hydrogen-bond donors (Lipinski definition) is 1. The van der Waals surface area contributed by atoms with Crippen molar-refractivity contribution in [3.8, 4) is 5.75 Å². The van der Waals surface area contributed by atoms with E-state index in [2.05, 4.69) is 6.08 Å². The Balaban J connectivity index is 1.82. The predicted molar refractivity (Wildman–Crippen MR) is 141 cm³/mol. The van der Waals surface area contributed by atoms with E-state index >= 15 is 0 Å². The van der Waals surface area contributed by atoms with Crippen LogP contribution >= 0.6 is 0 Å². The number of carboxylic acids is 1. The molecule has 36 heavy (non-hydrogen) atoms. The van der Waals surface area contributed by atoms with Crippen molar-refractivity contribution in [1.29, 1.82) is 0 Å². The van der Waals surface area contributed by atoms with Crippen molar-refractivity contribution in [2.75, 3.05) is 27.8 Å². The molecular weight excluding hydrogens is 458 g/mol. The fourth-order valence-electron chi connectivity index (χ4n) is 3.91. The molecule has 0 radical (unpaired) electrons. The van der Waals surface area contributed by atoms with Crippen LogP contribution in [-0.2, 0) is 19.1 Å². The number of ether oxygens (including phenoxy) is 2. The second-order valence-corrected chi connectivity index (χ2v) is 9.17. The van der Waals surface area contributed by atoms with Gasteiger partial charge in [-0.15, -0.1) is 0 Å². The van der Waals surface area contributed by atoms with Gasteiger partial charge in [0.2, 0.25) is 5.91 Å². The molecule has 7 nitrogen and oxygen atoms in total. The topological polar surface area (TPSA) is 93.1 Å². The Labute approximate surface area is 214 Å². The minimum atomic E-state index is -0.889. The molecule has 0 aromatic heterocycles. The number of nitrogens with zero attached hydrogens (tertiary/aromatic N) is 1. The van der Waals surface area contributed by atoms with Crippen LogP contribution in [0.1, 0.15) is 63.4 Å². The minimum Gasteiger partial charge on any atom is -0.497 e. The molecule has 1 aliphatic rings. The van der Waals surface area contributed by atoms with Gasteiger partial charge in [0.1, 0.15) is 11.5 Å². The van der Waals surface area contributed by atoms with Gasteiger partial charge in [-0.2, -0.15) is 0 Å². The van der Waals surface area contributed by atoms with E-state index < -0.39 is 11.9 Å². The van der Waals surface area contributed by atoms with E-state index in [9.17, 15) is 19.5 Å². The highest BCUT2D eigenvalue weighted by molar-refractivity contribution is 5.98. The van der Waals surface area contributed by atoms with Crippen LogP contribution in [0.15, 0.2) is 53.8 Å². The number of unbranched alkanes of at least 4 members (excludes halogenated alkanes) is 3. The van der Waals surface area contributed by atoms with Crippen LogP contribution in [0.4, 0.5) is 0 Å². The number of carboxylic acid groups (broad SMARTS) is 1. The Morgan fingerprint density at radius 1 is 1.11 bits per heavy atom. The summed E-state index contributed by atoms with van der Waals surface area (Å²) in [5.41, 5.74) is 1.56. The summed E-state index contributed by atoms with van der Waals surface area (Å²) in [5, 5.41) is 9.76. The van der Waals surface area contributed by atoms with Crippen LogP contribution in [0.3, 0.4) is 0 Å². The van der Waals surface area contributed by atoms with Crippen LogP contribution in [-0.4, -0.2) is 55.5 Å². The Morgan fingerprint density at radius 2 is 1.86 bits per heavy atom. The van der Waals surface area contributed by atoms with E-state index in [1.54, 1.807) is 38.3 Å². The molecule has 196 valence electrons. The molecule has 0 heterocycles. The first-order valence-corrected chi connectivity index (χ1v) is 12.6. The number of amides is 1. The van der Waals surface area contributed by atoms with E-state index in [-0.39, 0.29) is 24.5 Å². The lowest BCUT2D eigenvalue weighted by Gasteiger charge is -2.19. The Kier molecular flexibility index (Phi) is 12.5. The van der Waals surface area contributed by atoms with Crippen molar-refractivity contribution in [3.63, 3.8) is 0 Å². The third-order valence-corrected chi connectivity index (χ3v) is 6.15. The van der Waals surface area contributed by atoms with Crippen molar-refractivity contribution in [2.24, 2.45) is 5.92 Å². The SMILES string of the molecule is COc1ccc(/C=C/CCCCC(CC2=C(OCCCCC(=O)N(C)C)C=CCC2=O)C(=O)O)cc1. The molecule has 1 N–H and O–H groups in total. The molecule has 0 saturated heterocycles. The quantitative estimate of drug-likeness (QED) is 0.307. The summed E-state index contributed by atoms with van der Waals surface area (Å²) >= 11 is 0. The van der Waals surface area contributed by atoms with Crippen molar-refractivity contribution in [3.05, 3.63) is 59.4 Å². The summed E-state index contributed by atoms with van der Waals surface area (Å²) in [7, 11) is 5.10. The van der Waals surface area contributed by atoms with Crippen LogP contribution in [0, 0.1) is 5.92 Å². The molecule has 1 aromatic rings. The van der Waals surface area contributed by atoms with E-state index in [4.69, 9.17) is 9.47 Å². The van der Waals surface area contributed by atoms with Gasteiger partial charge in [-0.25, -0.2) is 0 Å². The minimum absolute atomic E-state index is 0.0724. The number of carbonyl (C=O) groups excluding carboxylic acids is 2. The molecule has 7 heteroatoms. The monoisotopic (exact) mass is 497 g/mol. The number of methoxy groups -OCH3 is 1. The number of benzene rings is 1. The van der Waals surface area contributed by atoms with E-state index in [1.807, 2.05) is 30.3 Å². The van der Waals surface area contributed by atoms with Gasteiger partial charge in [-0.05, 0) is 62.3 Å². The number of ketones is 1. The third-order valence-electron chi connectivity index (χ3n) is 6.15. The number of carbonyl (C=O) groups is 3. The summed E-state index contributed by atoms with van der Waals surface area (Å²) < 4.78 is 11.0. The van der Waals surface area contributed by atoms with E-state index in [0.717, 1.165) is 30.6 Å². The smallest absolute Gasteiger partial charge is 0.306 e. The number of aliphatic carboxylic acids is 1. The number of hydrogen-bond acceptors (Lipinski definition) is 5. The highest BCUT2D eigenvalue weighted by atomic mass is 16.5. The first kappa shape index (κ1) is 28.9. The first-order valence-electron chi connectivity index (χ1n) is 12.6. The van der Waals surface area contributed by atoms with Crippen LogP contribution in [0.5, 0.6) is 5.75 Å². The Bertz CT molecular complexity index is 958. The second kappa shape index (κ2) is 15.6. The average molecular weight is 498 g/mol. The van der Waals surface area contributed by atoms with Gasteiger partial charge in [0.15, 0.2) is 5.78 Å². The van der Waals surface area contributed by atoms with Crippen molar-refractivity contribution < 1.29 is 29.0 Å². The van der Waals surface area contributed by atoms with Gasteiger partial charge < -0.3 is 19.5 Å². The van der Waals surface area contributed by atoms with Crippen molar-refractivity contribution >= 4 is 23.7 Å². The van der Waals surface area contributed by atoms with Gasteiger partial charge in [0.25, 0.3) is 0 Å². The van der Waals surface area contributed by atoms with Gasteiger partial charge in [0.05, 0.1) is 19.6 Å². The largest absolute Gasteiger partial charge is 0.497 e. The fourth-order valence-corrected chi connectivity index (χ4v) is 3.91. The molecule has 0 spiro atoms. The summed E-state index contributed by atoms with van der Waals surface area (Å²) in [6.45, 7) is 0.384. The van der Waals surface area contributed by atoms with Crippen LogP contribution < -0.4 is 4.74 Å². The van der Waals surface area contributed by atoms with E-state index in [1.165, 1.54) is 0 Å². The molecule has 0 aliphatic heterocycles. The van der Waals surface area contributed by atoms with Gasteiger partial charge in [-0.3, -0.25) is 14.4 Å². The van der Waals surface area contributed by atoms with Crippen molar-refractivity contribution in [1.82, 2.24) is 4.90 Å². The zero-order valence-corrected chi connectivity index (χ0v) is 21.7. The maximum absolute atomic E-state index is 12.6. The molecule has 1 unspecified atom stereocenters. The van der Waals surface area contributed by atoms with Gasteiger partial charge in [0, 0.05) is 32.5 Å². The van der Waals surface area contributed by atoms with Crippen molar-refractivity contribution in [2.45, 2.75) is 57.8 Å². The molecule has 0 saturated carbocycles. The number of rotatable bonds is 16. The molecule has 0 fully saturated rings. The normalized spacial score (nSPS) is 14.2. The number of Topliss-reactive ketones (excluding diaryl/α,β-unsaturated/α-hetero) is 1. The zero-order valence-electron chi connectivity index (χ0n) is 21.7. The molecule has 1 amide bonds. The maximum Gasteiger partial charge on any atom is 0.306 e. The first-order chi connectivity index (χ1) is 17.3. The zero-order chi connectivity index (χ0) is 26.3. The highest BCUT2D eigenvalue weighted by Crippen LogP contribution is 2.27. The van der Waals surface area contributed by atoms with E-state index in [0.29, 0.717) is 43.6 Å². The van der Waals surface area contributed by atoms with Crippen LogP contribution in [0.25, 0.3) is 6.08 Å². The molecule has 1 aromatic carbocycles. The lowest BCUT2D eigenvalue weighted by Crippen LogP contribution is -2.21. The maximum atomic E-state index is 12.6. The standard InChI is InChI=1S/C29H39NO6/c1-30(2)28(32)15-8-9-20-36-27-14-10-13-26(31)25(27)21-23(29(33)34)12-7-5-4-6-11-22-16-18-24(35-3)19-17-22/h6,10-11,14,16-19,23H,4-5,7-9,12-13,15,20-21H2,1-3H3,(H,33,34)/b11-6+. The fraction of sp³-hybridized carbons (Fsp3) is 0.483. The Hall–Kier alpha value is -3.35. The molecule has 2 rings (SSSR count). The van der Waals surface area contributed by atoms with Gasteiger partial charge in [-0.1, -0.05) is 36.8 Å². The predicted octanol–water partition coefficient (Wildman–Crippen LogP) is 5.42.